The molecule has 9 heteroatoms. The summed E-state index contributed by atoms with van der Waals surface area (Å²) in [5.41, 5.74) is 2.61. The van der Waals surface area contributed by atoms with Crippen LogP contribution in [-0.2, 0) is 22.4 Å². The summed E-state index contributed by atoms with van der Waals surface area (Å²) in [5, 5.41) is 32.8. The lowest BCUT2D eigenvalue weighted by molar-refractivity contribution is -0.194. The quantitative estimate of drug-likeness (QED) is 0.511. The van der Waals surface area contributed by atoms with Crippen LogP contribution in [0.25, 0.3) is 0 Å². The number of aryl methyl sites for hydroxylation is 1. The number of benzene rings is 2. The van der Waals surface area contributed by atoms with Gasteiger partial charge < -0.3 is 30.1 Å². The number of ether oxygens (including phenoxy) is 2. The van der Waals surface area contributed by atoms with E-state index >= 15 is 0 Å². The second-order valence-corrected chi connectivity index (χ2v) is 7.85. The summed E-state index contributed by atoms with van der Waals surface area (Å²) in [5.74, 6) is -6.00. The standard InChI is InChI=1S/C21H20ClNO7/c22-14-3-1-2-12(6-14)16(24)10-23-15-5-4-11-8-17-18(9-13(11)7-15)30-21(29-17,19(25)26)20(27)28/h1-3,6,8-9,15-16,23-24H,4-5,7,10H2,(H,25,26)(H,27,28)/t15-,16-/m1/s1. The highest BCUT2D eigenvalue weighted by Crippen LogP contribution is 2.43. The first-order valence-electron chi connectivity index (χ1n) is 9.46. The first-order valence-corrected chi connectivity index (χ1v) is 9.84. The Labute approximate surface area is 177 Å². The summed E-state index contributed by atoms with van der Waals surface area (Å²) in [6.07, 6.45) is 1.43. The molecule has 0 spiro atoms. The largest absolute Gasteiger partial charge is 0.475 e. The van der Waals surface area contributed by atoms with E-state index < -0.39 is 23.8 Å². The molecule has 2 aromatic rings. The summed E-state index contributed by atoms with van der Waals surface area (Å²) in [4.78, 5) is 22.8. The number of carbonyl (C=O) groups is 2. The number of carboxylic acid groups (broad SMARTS) is 2. The Morgan fingerprint density at radius 1 is 1.13 bits per heavy atom. The molecule has 0 unspecified atom stereocenters. The van der Waals surface area contributed by atoms with E-state index in [4.69, 9.17) is 21.1 Å². The molecule has 0 amide bonds. The van der Waals surface area contributed by atoms with Crippen LogP contribution in [0.4, 0.5) is 0 Å². The fourth-order valence-corrected chi connectivity index (χ4v) is 4.00. The van der Waals surface area contributed by atoms with Gasteiger partial charge in [0, 0.05) is 17.6 Å². The average Bonchev–Trinajstić information content (AvgIpc) is 3.10. The van der Waals surface area contributed by atoms with Gasteiger partial charge in [-0.05, 0) is 60.2 Å². The number of rotatable bonds is 6. The minimum absolute atomic E-state index is 0.0930. The highest BCUT2D eigenvalue weighted by Gasteiger charge is 2.57. The van der Waals surface area contributed by atoms with E-state index in [1.54, 1.807) is 30.3 Å². The van der Waals surface area contributed by atoms with Crippen molar-refractivity contribution in [1.29, 1.82) is 0 Å². The molecule has 0 bridgehead atoms. The summed E-state index contributed by atoms with van der Waals surface area (Å²) in [7, 11) is 0. The Morgan fingerprint density at radius 2 is 1.80 bits per heavy atom. The first kappa shape index (κ1) is 20.5. The van der Waals surface area contributed by atoms with E-state index in [0.29, 0.717) is 24.4 Å². The molecule has 0 aromatic heterocycles. The number of hydrogen-bond donors (Lipinski definition) is 4. The van der Waals surface area contributed by atoms with Crippen LogP contribution in [0.2, 0.25) is 5.02 Å². The van der Waals surface area contributed by atoms with Gasteiger partial charge in [-0.1, -0.05) is 23.7 Å². The molecule has 4 N–H and O–H groups in total. The third-order valence-corrected chi connectivity index (χ3v) is 5.63. The number of fused-ring (bicyclic) bond motifs is 2. The SMILES string of the molecule is O=C(O)C1(C(=O)O)Oc2cc3c(cc2O1)C[C@H](NC[C@@H](O)c1cccc(Cl)c1)CC3. The third kappa shape index (κ3) is 3.69. The van der Waals surface area contributed by atoms with Crippen molar-refractivity contribution in [3.8, 4) is 11.5 Å². The maximum Gasteiger partial charge on any atom is 0.453 e. The van der Waals surface area contributed by atoms with Crippen molar-refractivity contribution in [2.75, 3.05) is 6.54 Å². The van der Waals surface area contributed by atoms with E-state index in [-0.39, 0.29) is 17.5 Å². The Bertz CT molecular complexity index is 995. The van der Waals surface area contributed by atoms with Gasteiger partial charge in [-0.15, -0.1) is 0 Å². The number of nitrogens with one attached hydrogen (secondary N) is 1. The van der Waals surface area contributed by atoms with Crippen LogP contribution in [-0.4, -0.2) is 45.6 Å². The van der Waals surface area contributed by atoms with Crippen LogP contribution in [0, 0.1) is 0 Å². The van der Waals surface area contributed by atoms with E-state index in [1.165, 1.54) is 0 Å². The highest BCUT2D eigenvalue weighted by atomic mass is 35.5. The zero-order valence-corrected chi connectivity index (χ0v) is 16.6. The number of aliphatic hydroxyl groups is 1. The van der Waals surface area contributed by atoms with Crippen LogP contribution < -0.4 is 14.8 Å². The van der Waals surface area contributed by atoms with E-state index in [0.717, 1.165) is 23.1 Å². The minimum atomic E-state index is -2.76. The molecule has 0 radical (unpaired) electrons. The molecule has 2 atom stereocenters. The van der Waals surface area contributed by atoms with E-state index in [9.17, 15) is 24.9 Å². The monoisotopic (exact) mass is 433 g/mol. The van der Waals surface area contributed by atoms with Gasteiger partial charge in [0.25, 0.3) is 0 Å². The summed E-state index contributed by atoms with van der Waals surface area (Å²) in [6.45, 7) is 0.353. The molecule has 8 nitrogen and oxygen atoms in total. The maximum atomic E-state index is 11.4. The molecule has 0 fully saturated rings. The van der Waals surface area contributed by atoms with Crippen molar-refractivity contribution in [3.63, 3.8) is 0 Å². The topological polar surface area (TPSA) is 125 Å². The van der Waals surface area contributed by atoms with Crippen molar-refractivity contribution in [2.45, 2.75) is 37.2 Å². The lowest BCUT2D eigenvalue weighted by Crippen LogP contribution is -2.54. The van der Waals surface area contributed by atoms with E-state index in [2.05, 4.69) is 5.32 Å². The number of aliphatic hydroxyl groups excluding tert-OH is 1. The molecule has 1 aliphatic heterocycles. The Hall–Kier alpha value is -2.81. The molecule has 1 aliphatic carbocycles. The van der Waals surface area contributed by atoms with Crippen molar-refractivity contribution in [1.82, 2.24) is 5.32 Å². The molecule has 0 saturated carbocycles. The van der Waals surface area contributed by atoms with Crippen LogP contribution in [0.15, 0.2) is 36.4 Å². The number of halogens is 1. The normalized spacial score (nSPS) is 19.7. The van der Waals surface area contributed by atoms with E-state index in [1.807, 2.05) is 6.07 Å². The number of carboxylic acids is 2. The maximum absolute atomic E-state index is 11.4. The minimum Gasteiger partial charge on any atom is -0.475 e. The lowest BCUT2D eigenvalue weighted by Gasteiger charge is -2.27. The van der Waals surface area contributed by atoms with Gasteiger partial charge in [-0.25, -0.2) is 9.59 Å². The highest BCUT2D eigenvalue weighted by molar-refractivity contribution is 6.30. The summed E-state index contributed by atoms with van der Waals surface area (Å²) < 4.78 is 10.4. The summed E-state index contributed by atoms with van der Waals surface area (Å²) >= 11 is 5.97. The van der Waals surface area contributed by atoms with Crippen LogP contribution >= 0.6 is 11.6 Å². The number of aliphatic carboxylic acids is 2. The van der Waals surface area contributed by atoms with Gasteiger partial charge in [0.05, 0.1) is 6.10 Å². The van der Waals surface area contributed by atoms with Gasteiger partial charge >= 0.3 is 17.7 Å². The molecular formula is C21H20ClNO7. The van der Waals surface area contributed by atoms with Crippen molar-refractivity contribution in [3.05, 3.63) is 58.1 Å². The van der Waals surface area contributed by atoms with Gasteiger partial charge in [0.15, 0.2) is 11.5 Å². The van der Waals surface area contributed by atoms with Gasteiger partial charge in [0.2, 0.25) is 0 Å². The molecule has 2 aromatic carbocycles. The fraction of sp³-hybridized carbons (Fsp3) is 0.333. The van der Waals surface area contributed by atoms with Gasteiger partial charge in [-0.2, -0.15) is 0 Å². The molecular weight excluding hydrogens is 414 g/mol. The number of hydrogen-bond acceptors (Lipinski definition) is 6. The van der Waals surface area contributed by atoms with Crippen LogP contribution in [0.3, 0.4) is 0 Å². The molecule has 4 rings (SSSR count). The molecule has 2 aliphatic rings. The Morgan fingerprint density at radius 3 is 2.43 bits per heavy atom. The molecule has 0 saturated heterocycles. The molecule has 1 heterocycles. The Kier molecular flexibility index (Phi) is 5.31. The zero-order chi connectivity index (χ0) is 21.5. The smallest absolute Gasteiger partial charge is 0.453 e. The first-order chi connectivity index (χ1) is 14.3. The lowest BCUT2D eigenvalue weighted by atomic mass is 9.87. The fourth-order valence-electron chi connectivity index (χ4n) is 3.80. The summed E-state index contributed by atoms with van der Waals surface area (Å²) in [6, 6.07) is 10.4. The molecule has 30 heavy (non-hydrogen) atoms. The molecule has 158 valence electrons. The third-order valence-electron chi connectivity index (χ3n) is 5.40. The second-order valence-electron chi connectivity index (χ2n) is 7.42. The van der Waals surface area contributed by atoms with Gasteiger partial charge in [-0.3, -0.25) is 0 Å². The zero-order valence-electron chi connectivity index (χ0n) is 15.8. The predicted octanol–water partition coefficient (Wildman–Crippen LogP) is 2.16. The van der Waals surface area contributed by atoms with Crippen molar-refractivity contribution < 1.29 is 34.4 Å². The Balaban J connectivity index is 1.44. The average molecular weight is 434 g/mol. The van der Waals surface area contributed by atoms with Crippen molar-refractivity contribution >= 4 is 23.5 Å². The van der Waals surface area contributed by atoms with Crippen molar-refractivity contribution in [2.24, 2.45) is 0 Å². The van der Waals surface area contributed by atoms with Crippen LogP contribution in [0.1, 0.15) is 29.2 Å². The predicted molar refractivity (Wildman–Crippen MR) is 106 cm³/mol. The van der Waals surface area contributed by atoms with Crippen LogP contribution in [0.5, 0.6) is 11.5 Å². The second kappa shape index (κ2) is 7.79. The van der Waals surface area contributed by atoms with Gasteiger partial charge in [0.1, 0.15) is 0 Å².